The second-order valence-electron chi connectivity index (χ2n) is 8.38. The molecule has 2 aliphatic heterocycles. The Labute approximate surface area is 163 Å². The molecule has 0 spiro atoms. The predicted octanol–water partition coefficient (Wildman–Crippen LogP) is 3.00. The molecule has 0 N–H and O–H groups in total. The topological polar surface area (TPSA) is 50.6 Å². The number of rotatable bonds is 7. The highest BCUT2D eigenvalue weighted by molar-refractivity contribution is 5.75. The maximum atomic E-state index is 12.7. The lowest BCUT2D eigenvalue weighted by Crippen LogP contribution is -2.44. The van der Waals surface area contributed by atoms with Crippen molar-refractivity contribution in [3.63, 3.8) is 0 Å². The third-order valence-electron chi connectivity index (χ3n) is 6.27. The van der Waals surface area contributed by atoms with E-state index in [4.69, 9.17) is 4.74 Å². The van der Waals surface area contributed by atoms with Crippen molar-refractivity contribution in [1.29, 1.82) is 0 Å². The molecule has 2 unspecified atom stereocenters. The first-order valence-corrected chi connectivity index (χ1v) is 10.6. The van der Waals surface area contributed by atoms with Gasteiger partial charge in [-0.3, -0.25) is 14.4 Å². The Bertz CT molecular complexity index is 617. The minimum atomic E-state index is 0.247. The molecule has 2 saturated heterocycles. The second kappa shape index (κ2) is 9.20. The van der Waals surface area contributed by atoms with Crippen molar-refractivity contribution in [2.75, 3.05) is 26.7 Å². The normalized spacial score (nSPS) is 29.2. The number of amides is 1. The maximum Gasteiger partial charge on any atom is 0.222 e. The molecule has 2 fully saturated rings. The third-order valence-corrected chi connectivity index (χ3v) is 6.27. The summed E-state index contributed by atoms with van der Waals surface area (Å²) in [7, 11) is 3.94. The Morgan fingerprint density at radius 1 is 1.37 bits per heavy atom. The van der Waals surface area contributed by atoms with Crippen LogP contribution in [0, 0.1) is 5.92 Å². The van der Waals surface area contributed by atoms with Gasteiger partial charge in [0.25, 0.3) is 0 Å². The molecule has 1 aromatic rings. The molecule has 4 atom stereocenters. The molecular weight excluding hydrogens is 340 g/mol. The second-order valence-corrected chi connectivity index (χ2v) is 8.38. The van der Waals surface area contributed by atoms with Crippen molar-refractivity contribution in [3.05, 3.63) is 18.0 Å². The number of carbonyl (C=O) groups is 1. The number of likely N-dealkylation sites (tertiary alicyclic amines) is 1. The van der Waals surface area contributed by atoms with E-state index >= 15 is 0 Å². The summed E-state index contributed by atoms with van der Waals surface area (Å²) in [5.74, 6) is 0.705. The van der Waals surface area contributed by atoms with Crippen molar-refractivity contribution < 1.29 is 9.53 Å². The number of carbonyl (C=O) groups excluding carboxylic acids is 1. The molecule has 3 heterocycles. The number of nitrogens with zero attached hydrogens (tertiary/aromatic N) is 4. The molecule has 6 heteroatoms. The van der Waals surface area contributed by atoms with Crippen LogP contribution < -0.4 is 0 Å². The zero-order valence-electron chi connectivity index (χ0n) is 17.4. The first-order chi connectivity index (χ1) is 13.0. The van der Waals surface area contributed by atoms with E-state index in [-0.39, 0.29) is 12.0 Å². The summed E-state index contributed by atoms with van der Waals surface area (Å²) in [5, 5.41) is 4.38. The zero-order valence-corrected chi connectivity index (χ0v) is 17.4. The van der Waals surface area contributed by atoms with E-state index in [0.29, 0.717) is 24.5 Å². The zero-order chi connectivity index (χ0) is 19.4. The van der Waals surface area contributed by atoms with E-state index in [2.05, 4.69) is 30.0 Å². The van der Waals surface area contributed by atoms with Gasteiger partial charge in [-0.15, -0.1) is 0 Å². The summed E-state index contributed by atoms with van der Waals surface area (Å²) in [6, 6.07) is 0.353. The van der Waals surface area contributed by atoms with Crippen LogP contribution in [-0.2, 0) is 16.6 Å². The SMILES string of the molecule is CCN1CCC[C@@H](CN(C)C(=O)CCC2CCC(C)O2)[C@@H]1c1cnn(C)c1. The molecule has 1 amide bonds. The molecular formula is C21H36N4O2. The smallest absolute Gasteiger partial charge is 0.222 e. The van der Waals surface area contributed by atoms with Gasteiger partial charge in [0, 0.05) is 44.9 Å². The highest BCUT2D eigenvalue weighted by atomic mass is 16.5. The Morgan fingerprint density at radius 2 is 2.19 bits per heavy atom. The summed E-state index contributed by atoms with van der Waals surface area (Å²) < 4.78 is 7.74. The maximum absolute atomic E-state index is 12.7. The summed E-state index contributed by atoms with van der Waals surface area (Å²) in [5.41, 5.74) is 1.28. The molecule has 0 aromatic carbocycles. The van der Waals surface area contributed by atoms with Gasteiger partial charge < -0.3 is 9.64 Å². The molecule has 152 valence electrons. The van der Waals surface area contributed by atoms with Crippen molar-refractivity contribution in [3.8, 4) is 0 Å². The van der Waals surface area contributed by atoms with Gasteiger partial charge >= 0.3 is 0 Å². The minimum Gasteiger partial charge on any atom is -0.375 e. The summed E-state index contributed by atoms with van der Waals surface area (Å²) in [4.78, 5) is 17.2. The lowest BCUT2D eigenvalue weighted by molar-refractivity contribution is -0.131. The first kappa shape index (κ1) is 20.3. The van der Waals surface area contributed by atoms with E-state index in [1.54, 1.807) is 0 Å². The lowest BCUT2D eigenvalue weighted by Gasteiger charge is -2.42. The standard InChI is InChI=1S/C21H36N4O2/c1-5-25-12-6-7-17(21(25)18-13-22-24(4)15-18)14-23(3)20(26)11-10-19-9-8-16(2)27-19/h13,15-17,19,21H,5-12,14H2,1-4H3/t16?,17-,19?,21+/m0/s1. The van der Waals surface area contributed by atoms with Crippen molar-refractivity contribution in [2.45, 2.75) is 70.6 Å². The van der Waals surface area contributed by atoms with Crippen LogP contribution in [0.15, 0.2) is 12.4 Å². The van der Waals surface area contributed by atoms with Crippen LogP contribution in [0.2, 0.25) is 0 Å². The van der Waals surface area contributed by atoms with E-state index in [1.165, 1.54) is 12.0 Å². The summed E-state index contributed by atoms with van der Waals surface area (Å²) >= 11 is 0. The van der Waals surface area contributed by atoms with Crippen LogP contribution in [0.3, 0.4) is 0 Å². The Morgan fingerprint density at radius 3 is 2.81 bits per heavy atom. The van der Waals surface area contributed by atoms with Crippen LogP contribution in [-0.4, -0.2) is 64.4 Å². The minimum absolute atomic E-state index is 0.247. The quantitative estimate of drug-likeness (QED) is 0.734. The number of ether oxygens (including phenoxy) is 1. The van der Waals surface area contributed by atoms with E-state index in [9.17, 15) is 4.79 Å². The first-order valence-electron chi connectivity index (χ1n) is 10.6. The fraction of sp³-hybridized carbons (Fsp3) is 0.810. The Balaban J connectivity index is 1.58. The Hall–Kier alpha value is -1.40. The summed E-state index contributed by atoms with van der Waals surface area (Å²) in [6.07, 6.45) is 10.8. The molecule has 1 aromatic heterocycles. The number of hydrogen-bond donors (Lipinski definition) is 0. The van der Waals surface area contributed by atoms with Gasteiger partial charge in [0.15, 0.2) is 0 Å². The van der Waals surface area contributed by atoms with Gasteiger partial charge in [-0.25, -0.2) is 0 Å². The van der Waals surface area contributed by atoms with Gasteiger partial charge in [0.2, 0.25) is 5.91 Å². The third kappa shape index (κ3) is 5.11. The van der Waals surface area contributed by atoms with Crippen LogP contribution >= 0.6 is 0 Å². The summed E-state index contributed by atoms with van der Waals surface area (Å²) in [6.45, 7) is 7.32. The highest BCUT2D eigenvalue weighted by Gasteiger charge is 2.34. The Kier molecular flexibility index (Phi) is 6.93. The fourth-order valence-electron chi connectivity index (χ4n) is 4.80. The lowest BCUT2D eigenvalue weighted by atomic mass is 9.85. The van der Waals surface area contributed by atoms with Crippen LogP contribution in [0.5, 0.6) is 0 Å². The molecule has 6 nitrogen and oxygen atoms in total. The predicted molar refractivity (Wildman–Crippen MR) is 106 cm³/mol. The van der Waals surface area contributed by atoms with E-state index in [0.717, 1.165) is 45.3 Å². The van der Waals surface area contributed by atoms with E-state index < -0.39 is 0 Å². The molecule has 0 aliphatic carbocycles. The number of piperidine rings is 1. The number of aromatic nitrogens is 2. The van der Waals surface area contributed by atoms with Gasteiger partial charge in [-0.2, -0.15) is 5.10 Å². The average molecular weight is 377 g/mol. The van der Waals surface area contributed by atoms with Crippen LogP contribution in [0.4, 0.5) is 0 Å². The highest BCUT2D eigenvalue weighted by Crippen LogP contribution is 2.36. The van der Waals surface area contributed by atoms with Gasteiger partial charge in [-0.05, 0) is 58.0 Å². The van der Waals surface area contributed by atoms with Crippen LogP contribution in [0.1, 0.15) is 64.0 Å². The number of aryl methyl sites for hydroxylation is 1. The van der Waals surface area contributed by atoms with Crippen molar-refractivity contribution >= 4 is 5.91 Å². The van der Waals surface area contributed by atoms with Gasteiger partial charge in [0.05, 0.1) is 18.4 Å². The monoisotopic (exact) mass is 376 g/mol. The van der Waals surface area contributed by atoms with Crippen molar-refractivity contribution in [1.82, 2.24) is 19.6 Å². The molecule has 27 heavy (non-hydrogen) atoms. The average Bonchev–Trinajstić information content (AvgIpc) is 3.27. The molecule has 0 saturated carbocycles. The number of hydrogen-bond acceptors (Lipinski definition) is 4. The van der Waals surface area contributed by atoms with Gasteiger partial charge in [-0.1, -0.05) is 6.92 Å². The molecule has 0 bridgehead atoms. The van der Waals surface area contributed by atoms with Gasteiger partial charge in [0.1, 0.15) is 0 Å². The molecule has 2 aliphatic rings. The largest absolute Gasteiger partial charge is 0.375 e. The van der Waals surface area contributed by atoms with E-state index in [1.807, 2.05) is 29.9 Å². The van der Waals surface area contributed by atoms with Crippen molar-refractivity contribution in [2.24, 2.45) is 13.0 Å². The molecule has 3 rings (SSSR count). The molecule has 0 radical (unpaired) electrons. The fourth-order valence-corrected chi connectivity index (χ4v) is 4.80. The van der Waals surface area contributed by atoms with Crippen LogP contribution in [0.25, 0.3) is 0 Å².